The van der Waals surface area contributed by atoms with Crippen molar-refractivity contribution in [2.45, 2.75) is 0 Å². The molecule has 0 spiro atoms. The van der Waals surface area contributed by atoms with Gasteiger partial charge in [-0.1, -0.05) is 13.2 Å². The molecule has 0 saturated heterocycles. The topological polar surface area (TPSA) is 49.4 Å². The molecule has 0 saturated carbocycles. The monoisotopic (exact) mass is 221 g/mol. The molecule has 4 nitrogen and oxygen atoms in total. The van der Waals surface area contributed by atoms with Gasteiger partial charge in [0.05, 0.1) is 27.2 Å². The van der Waals surface area contributed by atoms with Crippen LogP contribution < -0.4 is 4.89 Å². The molecule has 5 heteroatoms. The van der Waals surface area contributed by atoms with Gasteiger partial charge in [-0.05, 0) is 12.2 Å². The molecule has 84 valence electrons. The molecule has 0 fully saturated rings. The maximum Gasteiger partial charge on any atom is 0.121 e. The van der Waals surface area contributed by atoms with E-state index in [0.29, 0.717) is 0 Å². The van der Waals surface area contributed by atoms with Gasteiger partial charge >= 0.3 is 0 Å². The largest absolute Gasteiger partial charge is 0.781 e. The van der Waals surface area contributed by atoms with Gasteiger partial charge < -0.3 is 18.5 Å². The van der Waals surface area contributed by atoms with Crippen molar-refractivity contribution in [3.63, 3.8) is 0 Å². The molecule has 0 N–H and O–H groups in total. The van der Waals surface area contributed by atoms with Gasteiger partial charge in [0.1, 0.15) is 8.25 Å². The van der Waals surface area contributed by atoms with E-state index in [-0.39, 0.29) is 0 Å². The van der Waals surface area contributed by atoms with Crippen molar-refractivity contribution in [3.05, 3.63) is 25.3 Å². The average Bonchev–Trinajstić information content (AvgIpc) is 2.05. The Bertz CT molecular complexity index is 180. The molecular formula is C9H20NO3P. The third-order valence-corrected chi connectivity index (χ3v) is 1.75. The second-order valence-electron chi connectivity index (χ2n) is 3.33. The highest BCUT2D eigenvalue weighted by molar-refractivity contribution is 7.30. The lowest BCUT2D eigenvalue weighted by atomic mass is 10.4. The smallest absolute Gasteiger partial charge is 0.121 e. The normalized spacial score (nSPS) is 12.3. The van der Waals surface area contributed by atoms with Gasteiger partial charge in [0.2, 0.25) is 0 Å². The molecule has 0 amide bonds. The molecule has 14 heavy (non-hydrogen) atoms. The van der Waals surface area contributed by atoms with Crippen molar-refractivity contribution in [2.75, 3.05) is 34.3 Å². The molecule has 0 aliphatic rings. The lowest BCUT2D eigenvalue weighted by Crippen LogP contribution is -2.39. The van der Waals surface area contributed by atoms with Crippen LogP contribution in [0.15, 0.2) is 25.3 Å². The van der Waals surface area contributed by atoms with E-state index >= 15 is 0 Å². The van der Waals surface area contributed by atoms with Crippen LogP contribution in [-0.2, 0) is 9.09 Å². The van der Waals surface area contributed by atoms with Gasteiger partial charge in [0.25, 0.3) is 0 Å². The Labute approximate surface area is 87.0 Å². The first-order chi connectivity index (χ1) is 6.39. The van der Waals surface area contributed by atoms with Crippen LogP contribution in [-0.4, -0.2) is 38.8 Å². The van der Waals surface area contributed by atoms with E-state index in [0.717, 1.165) is 24.7 Å². The number of likely N-dealkylation sites (N-methyl/N-ethyl adjacent to an activating group) is 1. The Kier molecular flexibility index (Phi) is 10.5. The van der Waals surface area contributed by atoms with Crippen molar-refractivity contribution in [3.8, 4) is 0 Å². The summed E-state index contributed by atoms with van der Waals surface area (Å²) in [5.74, 6) is 0. The second-order valence-corrected chi connectivity index (χ2v) is 4.24. The molecule has 0 aromatic rings. The highest BCUT2D eigenvalue weighted by Gasteiger charge is 2.07. The summed E-state index contributed by atoms with van der Waals surface area (Å²) in [5.41, 5.74) is 0. The van der Waals surface area contributed by atoms with Crippen molar-refractivity contribution in [1.29, 1.82) is 0 Å². The van der Waals surface area contributed by atoms with Crippen LogP contribution in [0.3, 0.4) is 0 Å². The molecule has 0 rings (SSSR count). The molecular weight excluding hydrogens is 201 g/mol. The van der Waals surface area contributed by atoms with E-state index in [4.69, 9.17) is 0 Å². The maximum absolute atomic E-state index is 9.22. The molecule has 1 atom stereocenters. The van der Waals surface area contributed by atoms with Gasteiger partial charge in [-0.3, -0.25) is 0 Å². The quantitative estimate of drug-likeness (QED) is 0.392. The number of quaternary nitrogens is 1. The molecule has 0 aliphatic heterocycles. The number of hydrogen-bond acceptors (Lipinski definition) is 3. The first-order valence-corrected chi connectivity index (χ1v) is 5.41. The number of rotatable bonds is 5. The van der Waals surface area contributed by atoms with Gasteiger partial charge in [-0.15, -0.1) is 0 Å². The second kappa shape index (κ2) is 9.16. The fourth-order valence-electron chi connectivity index (χ4n) is 0.774. The van der Waals surface area contributed by atoms with Crippen LogP contribution in [0.5, 0.6) is 0 Å². The summed E-state index contributed by atoms with van der Waals surface area (Å²) in [7, 11) is 2.56. The highest BCUT2D eigenvalue weighted by atomic mass is 31.1. The van der Waals surface area contributed by atoms with Gasteiger partial charge in [-0.25, -0.2) is 0 Å². The summed E-state index contributed by atoms with van der Waals surface area (Å²) < 4.78 is 13.9. The summed E-state index contributed by atoms with van der Waals surface area (Å²) >= 11 is 0. The van der Waals surface area contributed by atoms with Crippen molar-refractivity contribution in [2.24, 2.45) is 0 Å². The van der Waals surface area contributed by atoms with Crippen molar-refractivity contribution >= 4 is 8.25 Å². The van der Waals surface area contributed by atoms with Crippen LogP contribution in [0.2, 0.25) is 0 Å². The number of nitrogens with zero attached hydrogens (tertiary/aromatic N) is 1. The van der Waals surface area contributed by atoms with E-state index in [1.165, 1.54) is 0 Å². The van der Waals surface area contributed by atoms with Gasteiger partial charge in [-0.2, -0.15) is 0 Å². The zero-order valence-corrected chi connectivity index (χ0v) is 10.2. The van der Waals surface area contributed by atoms with Crippen LogP contribution in [0.4, 0.5) is 0 Å². The van der Waals surface area contributed by atoms with Crippen molar-refractivity contribution < 1.29 is 18.5 Å². The minimum Gasteiger partial charge on any atom is -0.781 e. The summed E-state index contributed by atoms with van der Waals surface area (Å²) in [6, 6.07) is 0. The summed E-state index contributed by atoms with van der Waals surface area (Å²) in [5, 5.41) is 0. The first kappa shape index (κ1) is 16.0. The van der Waals surface area contributed by atoms with E-state index < -0.39 is 8.25 Å². The van der Waals surface area contributed by atoms with E-state index in [1.54, 1.807) is 0 Å². The summed E-state index contributed by atoms with van der Waals surface area (Å²) in [6.07, 6.45) is 3.87. The fourth-order valence-corrected chi connectivity index (χ4v) is 0.774. The van der Waals surface area contributed by atoms with E-state index in [1.807, 2.05) is 12.2 Å². The Hall–Kier alpha value is -0.410. The summed E-state index contributed by atoms with van der Waals surface area (Å²) in [6.45, 7) is 9.37. The predicted molar refractivity (Wildman–Crippen MR) is 58.2 cm³/mol. The fraction of sp³-hybridized carbons (Fsp3) is 0.556. The highest BCUT2D eigenvalue weighted by Crippen LogP contribution is 2.02. The third-order valence-electron chi connectivity index (χ3n) is 1.41. The zero-order valence-electron chi connectivity index (χ0n) is 9.16. The Balaban J connectivity index is 0. The predicted octanol–water partition coefficient (Wildman–Crippen LogP) is 0.818. The summed E-state index contributed by atoms with van der Waals surface area (Å²) in [4.78, 5) is 9.22. The lowest BCUT2D eigenvalue weighted by Gasteiger charge is -2.26. The standard InChI is InChI=1S/C8H16N.CH5O3P/c1-5-7-9(3,4)8-6-2;1-4-5(2)3/h5-6H,1-2,7-8H2,3-4H3;5H,1H3,(H,2,3)/q+1;/p-1. The van der Waals surface area contributed by atoms with E-state index in [9.17, 15) is 9.46 Å². The van der Waals surface area contributed by atoms with Crippen LogP contribution in [0.1, 0.15) is 0 Å². The molecule has 0 radical (unpaired) electrons. The minimum atomic E-state index is -2.87. The molecule has 0 aromatic carbocycles. The SMILES string of the molecule is C=CC[N+](C)(C)CC=C.CO[PH](=O)[O-]. The average molecular weight is 221 g/mol. The lowest BCUT2D eigenvalue weighted by molar-refractivity contribution is -0.878. The van der Waals surface area contributed by atoms with Gasteiger partial charge in [0, 0.05) is 7.11 Å². The zero-order chi connectivity index (χ0) is 11.6. The van der Waals surface area contributed by atoms with Gasteiger partial charge in [0.15, 0.2) is 0 Å². The van der Waals surface area contributed by atoms with Crippen molar-refractivity contribution in [1.82, 2.24) is 0 Å². The first-order valence-electron chi connectivity index (χ1n) is 4.18. The van der Waals surface area contributed by atoms with Crippen LogP contribution >= 0.6 is 8.25 Å². The minimum absolute atomic E-state index is 0.951. The Morgan fingerprint density at radius 2 is 1.64 bits per heavy atom. The van der Waals surface area contributed by atoms with Crippen LogP contribution in [0, 0.1) is 0 Å². The van der Waals surface area contributed by atoms with E-state index in [2.05, 4.69) is 31.8 Å². The molecule has 0 bridgehead atoms. The van der Waals surface area contributed by atoms with Crippen LogP contribution in [0.25, 0.3) is 0 Å². The Morgan fingerprint density at radius 3 is 1.79 bits per heavy atom. The number of hydrogen-bond donors (Lipinski definition) is 0. The maximum atomic E-state index is 9.22. The molecule has 0 heterocycles. The molecule has 1 unspecified atom stereocenters. The molecule has 0 aliphatic carbocycles. The third kappa shape index (κ3) is 14.1. The Morgan fingerprint density at radius 1 is 1.36 bits per heavy atom. The molecule has 0 aromatic heterocycles.